The summed E-state index contributed by atoms with van der Waals surface area (Å²) in [5.74, 6) is 2.00. The van der Waals surface area contributed by atoms with E-state index in [2.05, 4.69) is 11.2 Å². The van der Waals surface area contributed by atoms with Crippen LogP contribution in [0.3, 0.4) is 0 Å². The number of hydrogen-bond donors (Lipinski definition) is 2. The highest BCUT2D eigenvalue weighted by molar-refractivity contribution is 5.84. The first-order valence-corrected chi connectivity index (χ1v) is 5.20. The van der Waals surface area contributed by atoms with Crippen molar-refractivity contribution in [3.05, 3.63) is 17.9 Å². The van der Waals surface area contributed by atoms with Gasteiger partial charge in [0.1, 0.15) is 0 Å². The zero-order valence-electron chi connectivity index (χ0n) is 8.82. The Morgan fingerprint density at radius 3 is 2.81 bits per heavy atom. The van der Waals surface area contributed by atoms with Gasteiger partial charge >= 0.3 is 5.97 Å². The lowest BCUT2D eigenvalue weighted by molar-refractivity contribution is 0.0663. The van der Waals surface area contributed by atoms with Crippen molar-refractivity contribution in [2.75, 3.05) is 5.32 Å². The maximum Gasteiger partial charge on any atom is 0.371 e. The molecule has 0 amide bonds. The minimum Gasteiger partial charge on any atom is -0.475 e. The fraction of sp³-hybridized carbons (Fsp3) is 0.417. The van der Waals surface area contributed by atoms with E-state index in [1.807, 2.05) is 0 Å². The lowest BCUT2D eigenvalue weighted by Gasteiger charge is -2.41. The largest absolute Gasteiger partial charge is 0.475 e. The third-order valence-corrected chi connectivity index (χ3v) is 2.96. The lowest BCUT2D eigenvalue weighted by atomic mass is 9.74. The van der Waals surface area contributed by atoms with Gasteiger partial charge in [0.2, 0.25) is 5.76 Å². The molecule has 0 aliphatic heterocycles. The number of nitrogens with one attached hydrogen (secondary N) is 1. The molecular weight excluding hydrogens is 206 g/mol. The Morgan fingerprint density at radius 1 is 1.62 bits per heavy atom. The number of furan rings is 1. The lowest BCUT2D eigenvalue weighted by Crippen LogP contribution is -2.44. The van der Waals surface area contributed by atoms with Crippen LogP contribution in [-0.4, -0.2) is 16.6 Å². The van der Waals surface area contributed by atoms with Crippen molar-refractivity contribution in [3.8, 4) is 12.3 Å². The van der Waals surface area contributed by atoms with Crippen LogP contribution in [0, 0.1) is 12.3 Å². The number of carbonyl (C=O) groups is 1. The quantitative estimate of drug-likeness (QED) is 0.763. The van der Waals surface area contributed by atoms with Gasteiger partial charge < -0.3 is 14.8 Å². The molecule has 1 heterocycles. The van der Waals surface area contributed by atoms with Crippen molar-refractivity contribution in [2.24, 2.45) is 0 Å². The van der Waals surface area contributed by atoms with Crippen LogP contribution in [0.5, 0.6) is 0 Å². The Hall–Kier alpha value is -1.89. The average molecular weight is 219 g/mol. The number of carboxylic acids is 1. The first-order chi connectivity index (χ1) is 7.65. The molecule has 16 heavy (non-hydrogen) atoms. The molecule has 84 valence electrons. The topological polar surface area (TPSA) is 62.5 Å². The van der Waals surface area contributed by atoms with Crippen molar-refractivity contribution in [1.29, 1.82) is 0 Å². The van der Waals surface area contributed by atoms with Gasteiger partial charge in [-0.1, -0.05) is 0 Å². The van der Waals surface area contributed by atoms with Crippen molar-refractivity contribution in [2.45, 2.75) is 31.2 Å². The first kappa shape index (κ1) is 10.6. The SMILES string of the molecule is C#CCC1(Nc2ccc(C(=O)O)o2)CCC1. The number of terminal acetylenes is 1. The second kappa shape index (κ2) is 3.93. The molecule has 0 unspecified atom stereocenters. The van der Waals surface area contributed by atoms with E-state index >= 15 is 0 Å². The molecule has 4 heteroatoms. The number of aromatic carboxylic acids is 1. The Kier molecular flexibility index (Phi) is 2.61. The molecule has 0 atom stereocenters. The molecule has 0 aromatic carbocycles. The van der Waals surface area contributed by atoms with E-state index < -0.39 is 5.97 Å². The Labute approximate surface area is 93.6 Å². The highest BCUT2D eigenvalue weighted by Gasteiger charge is 2.36. The van der Waals surface area contributed by atoms with Gasteiger partial charge in [0.15, 0.2) is 5.88 Å². The first-order valence-electron chi connectivity index (χ1n) is 5.20. The molecule has 1 aliphatic carbocycles. The highest BCUT2D eigenvalue weighted by atomic mass is 16.4. The van der Waals surface area contributed by atoms with Gasteiger partial charge in [-0.3, -0.25) is 0 Å². The summed E-state index contributed by atoms with van der Waals surface area (Å²) in [5.41, 5.74) is -0.0949. The standard InChI is InChI=1S/C12H13NO3/c1-2-6-12(7-3-8-12)13-10-5-4-9(16-10)11(14)15/h1,4-5,13H,3,6-8H2,(H,14,15). The summed E-state index contributed by atoms with van der Waals surface area (Å²) in [5, 5.41) is 11.9. The fourth-order valence-corrected chi connectivity index (χ4v) is 1.93. The van der Waals surface area contributed by atoms with Gasteiger partial charge in [-0.2, -0.15) is 0 Å². The summed E-state index contributed by atoms with van der Waals surface area (Å²) < 4.78 is 5.14. The zero-order chi connectivity index (χ0) is 11.6. The molecule has 0 spiro atoms. The molecule has 1 aromatic rings. The molecule has 1 saturated carbocycles. The molecule has 4 nitrogen and oxygen atoms in total. The van der Waals surface area contributed by atoms with Gasteiger partial charge in [0.25, 0.3) is 0 Å². The molecule has 2 rings (SSSR count). The summed E-state index contributed by atoms with van der Waals surface area (Å²) in [4.78, 5) is 10.6. The van der Waals surface area contributed by atoms with Crippen LogP contribution < -0.4 is 5.32 Å². The van der Waals surface area contributed by atoms with Gasteiger partial charge in [0.05, 0.1) is 5.54 Å². The van der Waals surface area contributed by atoms with Gasteiger partial charge in [-0.05, 0) is 25.3 Å². The number of carboxylic acid groups (broad SMARTS) is 1. The molecule has 0 radical (unpaired) electrons. The van der Waals surface area contributed by atoms with Crippen LogP contribution in [0.2, 0.25) is 0 Å². The molecule has 0 bridgehead atoms. The van der Waals surface area contributed by atoms with Crippen molar-refractivity contribution in [3.63, 3.8) is 0 Å². The molecule has 0 saturated heterocycles. The van der Waals surface area contributed by atoms with Crippen LogP contribution >= 0.6 is 0 Å². The van der Waals surface area contributed by atoms with Crippen molar-refractivity contribution in [1.82, 2.24) is 0 Å². The number of anilines is 1. The number of rotatable bonds is 4. The fourth-order valence-electron chi connectivity index (χ4n) is 1.93. The summed E-state index contributed by atoms with van der Waals surface area (Å²) in [6.07, 6.45) is 9.09. The van der Waals surface area contributed by atoms with E-state index in [1.165, 1.54) is 6.07 Å². The highest BCUT2D eigenvalue weighted by Crippen LogP contribution is 2.38. The third kappa shape index (κ3) is 1.89. The Bertz CT molecular complexity index is 437. The maximum absolute atomic E-state index is 10.6. The van der Waals surface area contributed by atoms with E-state index in [1.54, 1.807) is 6.07 Å². The van der Waals surface area contributed by atoms with Crippen LogP contribution in [0.25, 0.3) is 0 Å². The second-order valence-corrected chi connectivity index (χ2v) is 4.11. The normalized spacial score (nSPS) is 17.2. The van der Waals surface area contributed by atoms with Crippen molar-refractivity contribution < 1.29 is 14.3 Å². The van der Waals surface area contributed by atoms with Crippen LogP contribution in [-0.2, 0) is 0 Å². The van der Waals surface area contributed by atoms with Gasteiger partial charge in [0, 0.05) is 12.5 Å². The van der Waals surface area contributed by atoms with E-state index in [0.29, 0.717) is 12.3 Å². The number of hydrogen-bond acceptors (Lipinski definition) is 3. The summed E-state index contributed by atoms with van der Waals surface area (Å²) in [6, 6.07) is 3.06. The van der Waals surface area contributed by atoms with Crippen LogP contribution in [0.1, 0.15) is 36.2 Å². The maximum atomic E-state index is 10.6. The van der Waals surface area contributed by atoms with Gasteiger partial charge in [-0.25, -0.2) is 4.79 Å². The molecule has 1 aromatic heterocycles. The second-order valence-electron chi connectivity index (χ2n) is 4.11. The average Bonchev–Trinajstić information content (AvgIpc) is 2.63. The molecule has 1 fully saturated rings. The van der Waals surface area contributed by atoms with E-state index in [4.69, 9.17) is 15.9 Å². The molecule has 1 aliphatic rings. The van der Waals surface area contributed by atoms with E-state index in [-0.39, 0.29) is 11.3 Å². The minimum absolute atomic E-state index is 0.0577. The van der Waals surface area contributed by atoms with E-state index in [9.17, 15) is 4.79 Å². The van der Waals surface area contributed by atoms with Crippen molar-refractivity contribution >= 4 is 11.9 Å². The monoisotopic (exact) mass is 219 g/mol. The summed E-state index contributed by atoms with van der Waals surface area (Å²) in [6.45, 7) is 0. The van der Waals surface area contributed by atoms with Gasteiger partial charge in [-0.15, -0.1) is 12.3 Å². The smallest absolute Gasteiger partial charge is 0.371 e. The van der Waals surface area contributed by atoms with Crippen LogP contribution in [0.15, 0.2) is 16.5 Å². The Balaban J connectivity index is 2.08. The van der Waals surface area contributed by atoms with E-state index in [0.717, 1.165) is 19.3 Å². The zero-order valence-corrected chi connectivity index (χ0v) is 8.82. The summed E-state index contributed by atoms with van der Waals surface area (Å²) >= 11 is 0. The minimum atomic E-state index is -1.06. The van der Waals surface area contributed by atoms with Crippen LogP contribution in [0.4, 0.5) is 5.88 Å². The predicted octanol–water partition coefficient (Wildman–Crippen LogP) is 2.34. The predicted molar refractivity (Wildman–Crippen MR) is 59.3 cm³/mol. The molecular formula is C12H13NO3. The Morgan fingerprint density at radius 2 is 2.38 bits per heavy atom. The third-order valence-electron chi connectivity index (χ3n) is 2.96. The summed E-state index contributed by atoms with van der Waals surface area (Å²) in [7, 11) is 0. The molecule has 2 N–H and O–H groups in total.